The molecule has 1 aliphatic heterocycles. The summed E-state index contributed by atoms with van der Waals surface area (Å²) < 4.78 is 29.3. The van der Waals surface area contributed by atoms with Gasteiger partial charge in [-0.2, -0.15) is 0 Å². The minimum Gasteiger partial charge on any atom is -0.381 e. The summed E-state index contributed by atoms with van der Waals surface area (Å²) in [6.07, 6.45) is 5.54. The fourth-order valence-electron chi connectivity index (χ4n) is 6.10. The molecular formula is C23H34N2O4S. The van der Waals surface area contributed by atoms with Crippen LogP contribution >= 0.6 is 0 Å². The highest BCUT2D eigenvalue weighted by Gasteiger charge is 2.57. The van der Waals surface area contributed by atoms with Gasteiger partial charge in [-0.05, 0) is 67.2 Å². The van der Waals surface area contributed by atoms with Crippen LogP contribution in [-0.2, 0) is 31.4 Å². The van der Waals surface area contributed by atoms with Gasteiger partial charge in [-0.1, -0.05) is 26.8 Å². The maximum atomic E-state index is 13.5. The Labute approximate surface area is 180 Å². The van der Waals surface area contributed by atoms with E-state index in [0.717, 1.165) is 49.7 Å². The lowest BCUT2D eigenvalue weighted by Gasteiger charge is -2.61. The van der Waals surface area contributed by atoms with E-state index < -0.39 is 10.0 Å². The summed E-state index contributed by atoms with van der Waals surface area (Å²) in [5.74, 6) is 0.372. The van der Waals surface area contributed by atoms with Crippen LogP contribution in [0.5, 0.6) is 0 Å². The summed E-state index contributed by atoms with van der Waals surface area (Å²) in [5, 5.41) is 5.40. The molecule has 0 unspecified atom stereocenters. The number of amides is 1. The summed E-state index contributed by atoms with van der Waals surface area (Å²) in [6, 6.07) is 5.38. The van der Waals surface area contributed by atoms with Crippen molar-refractivity contribution >= 4 is 15.9 Å². The summed E-state index contributed by atoms with van der Waals surface area (Å²) >= 11 is 0. The first-order valence-corrected chi connectivity index (χ1v) is 12.5. The van der Waals surface area contributed by atoms with Crippen LogP contribution in [0.1, 0.15) is 64.0 Å². The summed E-state index contributed by atoms with van der Waals surface area (Å²) in [7, 11) is -2.00. The van der Waals surface area contributed by atoms with Crippen molar-refractivity contribution in [3.63, 3.8) is 0 Å². The van der Waals surface area contributed by atoms with Crippen molar-refractivity contribution in [1.82, 2.24) is 4.90 Å². The average molecular weight is 435 g/mol. The highest BCUT2D eigenvalue weighted by Crippen LogP contribution is 2.56. The molecule has 2 bridgehead atoms. The molecule has 7 heteroatoms. The molecule has 0 aromatic heterocycles. The Morgan fingerprint density at radius 1 is 1.17 bits per heavy atom. The summed E-state index contributed by atoms with van der Waals surface area (Å²) in [5.41, 5.74) is 1.82. The number of primary sulfonamides is 1. The smallest absolute Gasteiger partial charge is 0.238 e. The number of ether oxygens (including phenoxy) is 1. The third kappa shape index (κ3) is 3.30. The van der Waals surface area contributed by atoms with Crippen molar-refractivity contribution in [2.24, 2.45) is 16.5 Å². The van der Waals surface area contributed by atoms with Gasteiger partial charge in [-0.25, -0.2) is 13.6 Å². The first kappa shape index (κ1) is 21.8. The number of hydrogen-bond acceptors (Lipinski definition) is 4. The SMILES string of the molecule is COC1CCC(C(=O)N2CC[C@]3(C)c4cc(S(N)(=O)=O)ccc4C[C@H]2C3(C)C)CC1. The Kier molecular flexibility index (Phi) is 5.31. The number of carbonyl (C=O) groups is 1. The highest BCUT2D eigenvalue weighted by molar-refractivity contribution is 7.89. The van der Waals surface area contributed by atoms with Gasteiger partial charge in [-0.3, -0.25) is 4.79 Å². The topological polar surface area (TPSA) is 89.7 Å². The van der Waals surface area contributed by atoms with E-state index in [1.165, 1.54) is 0 Å². The van der Waals surface area contributed by atoms with Gasteiger partial charge >= 0.3 is 0 Å². The Balaban J connectivity index is 1.66. The zero-order valence-electron chi connectivity index (χ0n) is 18.5. The predicted octanol–water partition coefficient (Wildman–Crippen LogP) is 2.98. The molecule has 1 saturated carbocycles. The monoisotopic (exact) mass is 434 g/mol. The number of methoxy groups -OCH3 is 1. The third-order valence-electron chi connectivity index (χ3n) is 8.54. The number of nitrogens with two attached hydrogens (primary N) is 1. The van der Waals surface area contributed by atoms with Crippen LogP contribution in [0.4, 0.5) is 0 Å². The van der Waals surface area contributed by atoms with E-state index >= 15 is 0 Å². The fraction of sp³-hybridized carbons (Fsp3) is 0.696. The molecule has 2 N–H and O–H groups in total. The van der Waals surface area contributed by atoms with Gasteiger partial charge in [-0.15, -0.1) is 0 Å². The average Bonchev–Trinajstić information content (AvgIpc) is 2.69. The minimum atomic E-state index is -3.75. The number of piperidine rings is 1. The number of benzene rings is 1. The third-order valence-corrected chi connectivity index (χ3v) is 9.45. The number of carbonyl (C=O) groups excluding carboxylic acids is 1. The molecule has 0 radical (unpaired) electrons. The second-order valence-corrected chi connectivity index (χ2v) is 11.7. The summed E-state index contributed by atoms with van der Waals surface area (Å²) in [6.45, 7) is 7.39. The van der Waals surface area contributed by atoms with Gasteiger partial charge in [0, 0.05) is 31.0 Å². The van der Waals surface area contributed by atoms with Crippen molar-refractivity contribution in [2.75, 3.05) is 13.7 Å². The lowest BCUT2D eigenvalue weighted by atomic mass is 9.51. The van der Waals surface area contributed by atoms with E-state index in [-0.39, 0.29) is 39.7 Å². The molecule has 2 fully saturated rings. The van der Waals surface area contributed by atoms with Crippen LogP contribution in [0.15, 0.2) is 23.1 Å². The minimum absolute atomic E-state index is 0.0858. The van der Waals surface area contributed by atoms with Crippen LogP contribution < -0.4 is 5.14 Å². The lowest BCUT2D eigenvalue weighted by molar-refractivity contribution is -0.150. The van der Waals surface area contributed by atoms with Gasteiger partial charge in [0.05, 0.1) is 11.0 Å². The van der Waals surface area contributed by atoms with Crippen molar-refractivity contribution < 1.29 is 17.9 Å². The molecule has 2 aliphatic carbocycles. The number of sulfonamides is 1. The van der Waals surface area contributed by atoms with Gasteiger partial charge in [0.25, 0.3) is 0 Å². The van der Waals surface area contributed by atoms with E-state index in [0.29, 0.717) is 6.54 Å². The molecule has 3 aliphatic rings. The molecule has 1 heterocycles. The predicted molar refractivity (Wildman–Crippen MR) is 116 cm³/mol. The van der Waals surface area contributed by atoms with Crippen molar-refractivity contribution in [3.8, 4) is 0 Å². The van der Waals surface area contributed by atoms with Crippen molar-refractivity contribution in [3.05, 3.63) is 29.3 Å². The molecule has 30 heavy (non-hydrogen) atoms. The lowest BCUT2D eigenvalue weighted by Crippen LogP contribution is -2.65. The van der Waals surface area contributed by atoms with Crippen LogP contribution in [0.3, 0.4) is 0 Å². The molecule has 0 spiro atoms. The van der Waals surface area contributed by atoms with E-state index in [4.69, 9.17) is 9.88 Å². The zero-order chi connectivity index (χ0) is 21.9. The number of nitrogens with zero attached hydrogens (tertiary/aromatic N) is 1. The molecular weight excluding hydrogens is 400 g/mol. The molecule has 4 rings (SSSR count). The Bertz CT molecular complexity index is 950. The standard InChI is InChI=1S/C23H34N2O4S/c1-22(2)20-13-16-7-10-18(30(24,27)28)14-19(16)23(22,3)11-12-25(20)21(26)15-5-8-17(29-4)9-6-15/h7,10,14-15,17,20H,5-6,8-9,11-13H2,1-4H3,(H2,24,27,28)/t15?,17?,20-,23+/m0/s1. The van der Waals surface area contributed by atoms with E-state index in [1.54, 1.807) is 19.2 Å². The van der Waals surface area contributed by atoms with Gasteiger partial charge in [0.2, 0.25) is 15.9 Å². The second kappa shape index (κ2) is 7.31. The van der Waals surface area contributed by atoms with E-state index in [1.807, 2.05) is 6.07 Å². The molecule has 1 saturated heterocycles. The number of fused-ring (bicyclic) bond motifs is 4. The molecule has 1 aromatic carbocycles. The van der Waals surface area contributed by atoms with Crippen molar-refractivity contribution in [1.29, 1.82) is 0 Å². The molecule has 2 atom stereocenters. The number of hydrogen-bond donors (Lipinski definition) is 1. The Hall–Kier alpha value is -1.44. The van der Waals surface area contributed by atoms with Crippen molar-refractivity contribution in [2.45, 2.75) is 81.8 Å². The van der Waals surface area contributed by atoms with Crippen LogP contribution in [0.2, 0.25) is 0 Å². The number of likely N-dealkylation sites (tertiary alicyclic amines) is 1. The second-order valence-electron chi connectivity index (χ2n) is 10.1. The van der Waals surface area contributed by atoms with Crippen LogP contribution in [-0.4, -0.2) is 45.0 Å². The van der Waals surface area contributed by atoms with E-state index in [9.17, 15) is 13.2 Å². The fourth-order valence-corrected chi connectivity index (χ4v) is 6.64. The van der Waals surface area contributed by atoms with Crippen LogP contribution in [0, 0.1) is 11.3 Å². The molecule has 1 amide bonds. The van der Waals surface area contributed by atoms with Gasteiger partial charge in [0.15, 0.2) is 0 Å². The number of rotatable bonds is 3. The molecule has 6 nitrogen and oxygen atoms in total. The van der Waals surface area contributed by atoms with Crippen LogP contribution in [0.25, 0.3) is 0 Å². The van der Waals surface area contributed by atoms with Gasteiger partial charge < -0.3 is 9.64 Å². The largest absolute Gasteiger partial charge is 0.381 e. The zero-order valence-corrected chi connectivity index (χ0v) is 19.3. The van der Waals surface area contributed by atoms with Gasteiger partial charge in [0.1, 0.15) is 0 Å². The van der Waals surface area contributed by atoms with E-state index in [2.05, 4.69) is 25.7 Å². The molecule has 1 aromatic rings. The maximum Gasteiger partial charge on any atom is 0.238 e. The summed E-state index contributed by atoms with van der Waals surface area (Å²) in [4.78, 5) is 15.8. The Morgan fingerprint density at radius 3 is 2.43 bits per heavy atom. The molecule has 166 valence electrons. The first-order valence-electron chi connectivity index (χ1n) is 11.0. The maximum absolute atomic E-state index is 13.5. The Morgan fingerprint density at radius 2 is 1.83 bits per heavy atom. The highest BCUT2D eigenvalue weighted by atomic mass is 32.2. The normalized spacial score (nSPS) is 33.1. The quantitative estimate of drug-likeness (QED) is 0.792. The first-order chi connectivity index (χ1) is 14.0.